The van der Waals surface area contributed by atoms with Crippen molar-refractivity contribution >= 4 is 28.7 Å². The molecule has 2 N–H and O–H groups in total. The minimum Gasteiger partial charge on any atom is -0.496 e. The van der Waals surface area contributed by atoms with Crippen LogP contribution in [0, 0.1) is 24.7 Å². The molecule has 5 atom stereocenters. The first-order valence-electron chi connectivity index (χ1n) is 16.5. The smallest absolute Gasteiger partial charge is 0.330 e. The van der Waals surface area contributed by atoms with E-state index in [4.69, 9.17) is 19.6 Å². The second-order valence-corrected chi connectivity index (χ2v) is 14.3. The standard InChI is InChI=1S/C36H45N5O6/c1-21-27(46-6)13-12-24-28(19-30(37-31(21)24)41-16-14-29(39-41)35(2,3)4)47-23-17-25-26(18-23)33(43)40(5)15-10-8-7-9-11-22-20-36(22,34(44)45)38-32(25)42/h9,11-14,16,19,22-23,25-26H,7-8,10,15,17-18,20H2,1-6H3,(H,38,42)(H,44,45)/b11-9-/t22-,23+,25+,26+,36+/m0/s1. The van der Waals surface area contributed by atoms with Crippen LogP contribution in [0.1, 0.15) is 70.6 Å². The maximum absolute atomic E-state index is 13.9. The van der Waals surface area contributed by atoms with Crippen LogP contribution >= 0.6 is 0 Å². The second kappa shape index (κ2) is 12.3. The monoisotopic (exact) mass is 643 g/mol. The van der Waals surface area contributed by atoms with Gasteiger partial charge in [0.1, 0.15) is 23.1 Å². The number of rotatable bonds is 5. The van der Waals surface area contributed by atoms with Crippen LogP contribution in [-0.2, 0) is 19.8 Å². The van der Waals surface area contributed by atoms with Gasteiger partial charge in [0, 0.05) is 48.1 Å². The highest BCUT2D eigenvalue weighted by Gasteiger charge is 2.61. The number of amides is 2. The van der Waals surface area contributed by atoms with E-state index in [1.54, 1.807) is 23.7 Å². The molecule has 250 valence electrons. The van der Waals surface area contributed by atoms with Crippen molar-refractivity contribution in [1.29, 1.82) is 0 Å². The number of aromatic nitrogens is 3. The summed E-state index contributed by atoms with van der Waals surface area (Å²) in [5, 5.41) is 18.5. The molecular weight excluding hydrogens is 598 g/mol. The van der Waals surface area contributed by atoms with Gasteiger partial charge < -0.3 is 24.8 Å². The molecule has 2 aliphatic carbocycles. The first kappa shape index (κ1) is 32.5. The van der Waals surface area contributed by atoms with Gasteiger partial charge in [-0.15, -0.1) is 0 Å². The fourth-order valence-corrected chi connectivity index (χ4v) is 7.02. The van der Waals surface area contributed by atoms with Crippen molar-refractivity contribution < 1.29 is 29.0 Å². The fourth-order valence-electron chi connectivity index (χ4n) is 7.02. The number of carboxylic acid groups (broad SMARTS) is 1. The number of nitrogens with zero attached hydrogens (tertiary/aromatic N) is 4. The Bertz CT molecular complexity index is 1740. The summed E-state index contributed by atoms with van der Waals surface area (Å²) in [6, 6.07) is 7.61. The van der Waals surface area contributed by atoms with Crippen LogP contribution in [0.4, 0.5) is 0 Å². The fraction of sp³-hybridized carbons (Fsp3) is 0.528. The SMILES string of the molecule is COc1ccc2c(O[C@@H]3C[C@H]4C(=O)N[C@]5(C(=O)O)C[C@@H]5/C=C\CCCCN(C)C(=O)[C@@H]4C3)cc(-n3ccc(C(C)(C)C)n3)nc2c1C. The van der Waals surface area contributed by atoms with E-state index in [2.05, 4.69) is 26.1 Å². The molecular formula is C36H45N5O6. The van der Waals surface area contributed by atoms with E-state index in [0.29, 0.717) is 42.2 Å². The third-order valence-electron chi connectivity index (χ3n) is 10.0. The van der Waals surface area contributed by atoms with Gasteiger partial charge in [0.2, 0.25) is 11.8 Å². The second-order valence-electron chi connectivity index (χ2n) is 14.3. The minimum absolute atomic E-state index is 0.118. The molecule has 11 heteroatoms. The maximum atomic E-state index is 13.9. The van der Waals surface area contributed by atoms with E-state index >= 15 is 0 Å². The highest BCUT2D eigenvalue weighted by molar-refractivity contribution is 5.94. The summed E-state index contributed by atoms with van der Waals surface area (Å²) < 4.78 is 14.1. The lowest BCUT2D eigenvalue weighted by molar-refractivity contribution is -0.145. The normalized spacial score (nSPS) is 27.4. The van der Waals surface area contributed by atoms with E-state index < -0.39 is 35.4 Å². The van der Waals surface area contributed by atoms with Crippen molar-refractivity contribution in [2.75, 3.05) is 20.7 Å². The zero-order valence-electron chi connectivity index (χ0n) is 28.1. The summed E-state index contributed by atoms with van der Waals surface area (Å²) in [5.74, 6) is -1.38. The number of aliphatic carboxylic acids is 1. The van der Waals surface area contributed by atoms with Gasteiger partial charge >= 0.3 is 5.97 Å². The Hall–Kier alpha value is -4.41. The molecule has 3 aliphatic rings. The summed E-state index contributed by atoms with van der Waals surface area (Å²) in [6.45, 7) is 8.84. The van der Waals surface area contributed by atoms with E-state index in [0.717, 1.165) is 35.9 Å². The van der Waals surface area contributed by atoms with Crippen LogP contribution in [-0.4, -0.2) is 74.9 Å². The summed E-state index contributed by atoms with van der Waals surface area (Å²) in [5.41, 5.74) is 0.983. The van der Waals surface area contributed by atoms with E-state index in [1.165, 1.54) is 0 Å². The zero-order valence-corrected chi connectivity index (χ0v) is 28.1. The largest absolute Gasteiger partial charge is 0.496 e. The highest BCUT2D eigenvalue weighted by atomic mass is 16.5. The Labute approximate surface area is 275 Å². The molecule has 2 fully saturated rings. The molecule has 0 unspecified atom stereocenters. The number of methoxy groups -OCH3 is 1. The third-order valence-corrected chi connectivity index (χ3v) is 10.0. The molecule has 6 rings (SSSR count). The Morgan fingerprint density at radius 2 is 1.87 bits per heavy atom. The first-order valence-corrected chi connectivity index (χ1v) is 16.5. The van der Waals surface area contributed by atoms with Gasteiger partial charge in [0.05, 0.1) is 30.2 Å². The predicted molar refractivity (Wildman–Crippen MR) is 177 cm³/mol. The number of carbonyl (C=O) groups excluding carboxylic acids is 2. The Morgan fingerprint density at radius 3 is 2.57 bits per heavy atom. The minimum atomic E-state index is -1.33. The number of hydrogen-bond donors (Lipinski definition) is 2. The van der Waals surface area contributed by atoms with Gasteiger partial charge in [-0.3, -0.25) is 9.59 Å². The van der Waals surface area contributed by atoms with Crippen LogP contribution in [0.25, 0.3) is 16.7 Å². The molecule has 47 heavy (non-hydrogen) atoms. The maximum Gasteiger partial charge on any atom is 0.330 e. The van der Waals surface area contributed by atoms with Crippen molar-refractivity contribution in [2.24, 2.45) is 17.8 Å². The molecule has 0 radical (unpaired) electrons. The van der Waals surface area contributed by atoms with Crippen LogP contribution in [0.3, 0.4) is 0 Å². The summed E-state index contributed by atoms with van der Waals surface area (Å²) in [6.07, 6.45) is 8.78. The van der Waals surface area contributed by atoms with Gasteiger partial charge in [-0.2, -0.15) is 5.10 Å². The number of benzene rings is 1. The zero-order chi connectivity index (χ0) is 33.7. The number of pyridine rings is 1. The van der Waals surface area contributed by atoms with Gasteiger partial charge in [-0.1, -0.05) is 32.9 Å². The predicted octanol–water partition coefficient (Wildman–Crippen LogP) is 4.97. The number of ether oxygens (including phenoxy) is 2. The molecule has 1 aromatic carbocycles. The number of carbonyl (C=O) groups is 3. The molecule has 2 aromatic heterocycles. The molecule has 1 aliphatic heterocycles. The molecule has 0 spiro atoms. The molecule has 2 saturated carbocycles. The molecule has 0 bridgehead atoms. The number of allylic oxidation sites excluding steroid dienone is 1. The Balaban J connectivity index is 1.35. The van der Waals surface area contributed by atoms with Gasteiger partial charge in [-0.25, -0.2) is 14.5 Å². The lowest BCUT2D eigenvalue weighted by Gasteiger charge is -2.26. The van der Waals surface area contributed by atoms with Crippen LogP contribution in [0.2, 0.25) is 0 Å². The molecule has 3 aromatic rings. The van der Waals surface area contributed by atoms with Crippen LogP contribution in [0.15, 0.2) is 42.6 Å². The lowest BCUT2D eigenvalue weighted by atomic mass is 9.93. The summed E-state index contributed by atoms with van der Waals surface area (Å²) in [4.78, 5) is 46.7. The van der Waals surface area contributed by atoms with E-state index in [1.807, 2.05) is 49.5 Å². The quantitative estimate of drug-likeness (QED) is 0.372. The molecule has 0 saturated heterocycles. The molecule has 11 nitrogen and oxygen atoms in total. The lowest BCUT2D eigenvalue weighted by Crippen LogP contribution is -2.49. The van der Waals surface area contributed by atoms with E-state index in [-0.39, 0.29) is 23.7 Å². The van der Waals surface area contributed by atoms with Gasteiger partial charge in [-0.05, 0) is 63.6 Å². The molecule has 3 heterocycles. The van der Waals surface area contributed by atoms with Gasteiger partial charge in [0.15, 0.2) is 5.82 Å². The Morgan fingerprint density at radius 1 is 1.11 bits per heavy atom. The summed E-state index contributed by atoms with van der Waals surface area (Å²) >= 11 is 0. The van der Waals surface area contributed by atoms with Crippen molar-refractivity contribution in [1.82, 2.24) is 25.0 Å². The van der Waals surface area contributed by atoms with Crippen molar-refractivity contribution in [3.8, 4) is 17.3 Å². The number of nitrogens with one attached hydrogen (secondary N) is 1. The number of aryl methyl sites for hydroxylation is 1. The topological polar surface area (TPSA) is 136 Å². The summed E-state index contributed by atoms with van der Waals surface area (Å²) in [7, 11) is 3.40. The van der Waals surface area contributed by atoms with E-state index in [9.17, 15) is 19.5 Å². The van der Waals surface area contributed by atoms with Gasteiger partial charge in [0.25, 0.3) is 0 Å². The number of fused-ring (bicyclic) bond motifs is 3. The Kier molecular flexibility index (Phi) is 8.52. The molecule has 2 amide bonds. The van der Waals surface area contributed by atoms with Crippen molar-refractivity contribution in [3.63, 3.8) is 0 Å². The van der Waals surface area contributed by atoms with Crippen molar-refractivity contribution in [2.45, 2.75) is 83.3 Å². The number of carboxylic acids is 1. The average molecular weight is 644 g/mol. The van der Waals surface area contributed by atoms with Crippen LogP contribution in [0.5, 0.6) is 11.5 Å². The first-order chi connectivity index (χ1) is 22.3. The van der Waals surface area contributed by atoms with Crippen molar-refractivity contribution in [3.05, 3.63) is 53.9 Å². The highest BCUT2D eigenvalue weighted by Crippen LogP contribution is 2.47. The third kappa shape index (κ3) is 6.19. The van der Waals surface area contributed by atoms with Crippen LogP contribution < -0.4 is 14.8 Å². The average Bonchev–Trinajstić information content (AvgIpc) is 3.33. The number of hydrogen-bond acceptors (Lipinski definition) is 7.